The van der Waals surface area contributed by atoms with Gasteiger partial charge < -0.3 is 4.90 Å². The fourth-order valence-corrected chi connectivity index (χ4v) is 4.15. The summed E-state index contributed by atoms with van der Waals surface area (Å²) >= 11 is 1.33. The molecule has 4 rings (SSSR count). The molecule has 2 amide bonds. The van der Waals surface area contributed by atoms with Gasteiger partial charge in [0.2, 0.25) is 11.0 Å². The zero-order valence-corrected chi connectivity index (χ0v) is 15.7. The second-order valence-electron chi connectivity index (χ2n) is 6.45. The SMILES string of the molecule is Cc1nnc(NC(=O)C2c3ccccc3C(=O)N(C)C2c2ccccc2)s1. The largest absolute Gasteiger partial charge is 0.334 e. The second kappa shape index (κ2) is 6.92. The van der Waals surface area contributed by atoms with E-state index in [-0.39, 0.29) is 11.8 Å². The Bertz CT molecular complexity index is 1000. The van der Waals surface area contributed by atoms with Gasteiger partial charge in [0.25, 0.3) is 5.91 Å². The van der Waals surface area contributed by atoms with Gasteiger partial charge in [-0.2, -0.15) is 0 Å². The van der Waals surface area contributed by atoms with Crippen molar-refractivity contribution in [3.63, 3.8) is 0 Å². The molecule has 0 saturated carbocycles. The monoisotopic (exact) mass is 378 g/mol. The Morgan fingerprint density at radius 2 is 1.78 bits per heavy atom. The normalized spacial score (nSPS) is 18.9. The van der Waals surface area contributed by atoms with Gasteiger partial charge in [0.15, 0.2) is 0 Å². The van der Waals surface area contributed by atoms with Crippen LogP contribution in [0.2, 0.25) is 0 Å². The highest BCUT2D eigenvalue weighted by Gasteiger charge is 2.42. The Hall–Kier alpha value is -3.06. The molecular weight excluding hydrogens is 360 g/mol. The maximum atomic E-state index is 13.3. The highest BCUT2D eigenvalue weighted by molar-refractivity contribution is 7.15. The Balaban J connectivity index is 1.81. The molecule has 2 atom stereocenters. The molecule has 0 fully saturated rings. The van der Waals surface area contributed by atoms with Crippen LogP contribution in [0.4, 0.5) is 5.13 Å². The van der Waals surface area contributed by atoms with Gasteiger partial charge in [-0.1, -0.05) is 59.9 Å². The molecule has 6 nitrogen and oxygen atoms in total. The number of likely N-dealkylation sites (N-methyl/N-ethyl adjacent to an activating group) is 1. The van der Waals surface area contributed by atoms with E-state index in [1.807, 2.05) is 55.5 Å². The van der Waals surface area contributed by atoms with Crippen LogP contribution >= 0.6 is 11.3 Å². The summed E-state index contributed by atoms with van der Waals surface area (Å²) in [4.78, 5) is 27.8. The average molecular weight is 378 g/mol. The number of anilines is 1. The van der Waals surface area contributed by atoms with Crippen LogP contribution in [0.5, 0.6) is 0 Å². The van der Waals surface area contributed by atoms with Crippen molar-refractivity contribution in [1.29, 1.82) is 0 Å². The fourth-order valence-electron chi connectivity index (χ4n) is 3.55. The number of nitrogens with one attached hydrogen (secondary N) is 1. The van der Waals surface area contributed by atoms with Gasteiger partial charge in [-0.15, -0.1) is 10.2 Å². The molecule has 0 spiro atoms. The van der Waals surface area contributed by atoms with Crippen LogP contribution in [0.15, 0.2) is 54.6 Å². The molecule has 136 valence electrons. The van der Waals surface area contributed by atoms with Gasteiger partial charge in [0.05, 0.1) is 12.0 Å². The van der Waals surface area contributed by atoms with Crippen LogP contribution in [0.3, 0.4) is 0 Å². The van der Waals surface area contributed by atoms with Gasteiger partial charge in [-0.25, -0.2) is 0 Å². The highest BCUT2D eigenvalue weighted by atomic mass is 32.1. The topological polar surface area (TPSA) is 75.2 Å². The lowest BCUT2D eigenvalue weighted by atomic mass is 9.79. The third-order valence-corrected chi connectivity index (χ3v) is 5.51. The minimum atomic E-state index is -0.546. The maximum absolute atomic E-state index is 13.3. The first-order chi connectivity index (χ1) is 13.1. The smallest absolute Gasteiger partial charge is 0.254 e. The molecule has 1 aliphatic rings. The predicted molar refractivity (Wildman–Crippen MR) is 104 cm³/mol. The summed E-state index contributed by atoms with van der Waals surface area (Å²) in [5, 5.41) is 12.1. The molecule has 3 aromatic rings. The van der Waals surface area contributed by atoms with Crippen LogP contribution in [-0.2, 0) is 4.79 Å². The number of hydrogen-bond donors (Lipinski definition) is 1. The number of hydrogen-bond acceptors (Lipinski definition) is 5. The van der Waals surface area contributed by atoms with Crippen molar-refractivity contribution in [3.8, 4) is 0 Å². The first kappa shape index (κ1) is 17.4. The molecule has 0 radical (unpaired) electrons. The number of fused-ring (bicyclic) bond motifs is 1. The first-order valence-corrected chi connectivity index (χ1v) is 9.40. The highest BCUT2D eigenvalue weighted by Crippen LogP contribution is 2.42. The van der Waals surface area contributed by atoms with Crippen molar-refractivity contribution in [2.24, 2.45) is 0 Å². The van der Waals surface area contributed by atoms with Crippen LogP contribution in [0.25, 0.3) is 0 Å². The van der Waals surface area contributed by atoms with E-state index < -0.39 is 12.0 Å². The minimum absolute atomic E-state index is 0.0877. The van der Waals surface area contributed by atoms with Gasteiger partial charge in [-0.05, 0) is 24.1 Å². The first-order valence-electron chi connectivity index (χ1n) is 8.58. The number of benzene rings is 2. The van der Waals surface area contributed by atoms with Gasteiger partial charge in [-0.3, -0.25) is 14.9 Å². The average Bonchev–Trinajstić information content (AvgIpc) is 3.09. The van der Waals surface area contributed by atoms with E-state index in [0.29, 0.717) is 10.7 Å². The van der Waals surface area contributed by atoms with E-state index in [1.54, 1.807) is 18.0 Å². The molecule has 2 aromatic carbocycles. The lowest BCUT2D eigenvalue weighted by Crippen LogP contribution is -2.44. The van der Waals surface area contributed by atoms with Crippen LogP contribution < -0.4 is 5.32 Å². The zero-order valence-electron chi connectivity index (χ0n) is 14.9. The third kappa shape index (κ3) is 3.10. The summed E-state index contributed by atoms with van der Waals surface area (Å²) in [6.45, 7) is 1.84. The van der Waals surface area contributed by atoms with Crippen molar-refractivity contribution >= 4 is 28.3 Å². The molecule has 0 bridgehead atoms. The lowest BCUT2D eigenvalue weighted by Gasteiger charge is -2.39. The maximum Gasteiger partial charge on any atom is 0.254 e. The summed E-state index contributed by atoms with van der Waals surface area (Å²) < 4.78 is 0. The standard InChI is InChI=1S/C20H18N4O2S/c1-12-22-23-20(27-12)21-18(25)16-14-10-6-7-11-15(14)19(26)24(2)17(16)13-8-4-3-5-9-13/h3-11,16-17H,1-2H3,(H,21,23,25). The number of carbonyl (C=O) groups is 2. The van der Waals surface area contributed by atoms with E-state index >= 15 is 0 Å². The van der Waals surface area contributed by atoms with E-state index in [0.717, 1.165) is 16.1 Å². The lowest BCUT2D eigenvalue weighted by molar-refractivity contribution is -0.119. The Morgan fingerprint density at radius 3 is 2.48 bits per heavy atom. The number of aryl methyl sites for hydroxylation is 1. The molecule has 1 aromatic heterocycles. The fraction of sp³-hybridized carbons (Fsp3) is 0.200. The van der Waals surface area contributed by atoms with E-state index in [1.165, 1.54) is 11.3 Å². The van der Waals surface area contributed by atoms with Gasteiger partial charge >= 0.3 is 0 Å². The van der Waals surface area contributed by atoms with Crippen molar-refractivity contribution in [1.82, 2.24) is 15.1 Å². The number of rotatable bonds is 3. The second-order valence-corrected chi connectivity index (χ2v) is 7.63. The molecular formula is C20H18N4O2S. The molecule has 2 heterocycles. The summed E-state index contributed by atoms with van der Waals surface area (Å²) in [7, 11) is 1.74. The quantitative estimate of drug-likeness (QED) is 0.758. The van der Waals surface area contributed by atoms with Crippen LogP contribution in [-0.4, -0.2) is 34.0 Å². The summed E-state index contributed by atoms with van der Waals surface area (Å²) in [6, 6.07) is 16.5. The molecule has 2 unspecified atom stereocenters. The molecule has 0 saturated heterocycles. The number of aromatic nitrogens is 2. The minimum Gasteiger partial charge on any atom is -0.334 e. The number of nitrogens with zero attached hydrogens (tertiary/aromatic N) is 3. The van der Waals surface area contributed by atoms with E-state index in [4.69, 9.17) is 0 Å². The Labute approximate surface area is 160 Å². The van der Waals surface area contributed by atoms with Crippen molar-refractivity contribution in [3.05, 3.63) is 76.3 Å². The molecule has 27 heavy (non-hydrogen) atoms. The summed E-state index contributed by atoms with van der Waals surface area (Å²) in [5.41, 5.74) is 2.20. The van der Waals surface area contributed by atoms with E-state index in [9.17, 15) is 9.59 Å². The van der Waals surface area contributed by atoms with Gasteiger partial charge in [0.1, 0.15) is 5.01 Å². The van der Waals surface area contributed by atoms with Crippen LogP contribution in [0.1, 0.15) is 38.5 Å². The van der Waals surface area contributed by atoms with E-state index in [2.05, 4.69) is 15.5 Å². The van der Waals surface area contributed by atoms with Crippen LogP contribution in [0, 0.1) is 6.92 Å². The van der Waals surface area contributed by atoms with Gasteiger partial charge in [0, 0.05) is 12.6 Å². The predicted octanol–water partition coefficient (Wildman–Crippen LogP) is 3.40. The Morgan fingerprint density at radius 1 is 1.07 bits per heavy atom. The van der Waals surface area contributed by atoms with Crippen molar-refractivity contribution in [2.45, 2.75) is 18.9 Å². The molecule has 1 N–H and O–H groups in total. The van der Waals surface area contributed by atoms with Crippen molar-refractivity contribution in [2.75, 3.05) is 12.4 Å². The number of carbonyl (C=O) groups excluding carboxylic acids is 2. The summed E-state index contributed by atoms with van der Waals surface area (Å²) in [6.07, 6.45) is 0. The Kier molecular flexibility index (Phi) is 4.45. The van der Waals surface area contributed by atoms with Crippen molar-refractivity contribution < 1.29 is 9.59 Å². The third-order valence-electron chi connectivity index (χ3n) is 4.76. The zero-order chi connectivity index (χ0) is 19.0. The summed E-state index contributed by atoms with van der Waals surface area (Å²) in [5.74, 6) is -0.836. The molecule has 7 heteroatoms. The number of amides is 2. The molecule has 1 aliphatic heterocycles. The molecule has 0 aliphatic carbocycles.